The van der Waals surface area contributed by atoms with Gasteiger partial charge in [-0.05, 0) is 56.7 Å². The Balaban J connectivity index is 0.00000156. The molecule has 4 unspecified atom stereocenters. The maximum Gasteiger partial charge on any atom is 0.141 e. The summed E-state index contributed by atoms with van der Waals surface area (Å²) in [7, 11) is 0. The Morgan fingerprint density at radius 2 is 1.52 bits per heavy atom. The van der Waals surface area contributed by atoms with Crippen LogP contribution in [-0.4, -0.2) is 29.8 Å². The standard InChI is InChI=1S/C20H27NO.ClH/c22-20-16-10-7-11-17(20)19(21-12-5-2-6-13-21)14-18(16)15-8-3-1-4-9-15;/h1,3-4,8-9,16-19H,2,5-7,10-14H2;1H. The summed E-state index contributed by atoms with van der Waals surface area (Å²) in [5.74, 6) is 1.66. The van der Waals surface area contributed by atoms with Crippen LogP contribution in [0.1, 0.15) is 56.4 Å². The van der Waals surface area contributed by atoms with Crippen LogP contribution in [0.25, 0.3) is 0 Å². The number of fused-ring (bicyclic) bond motifs is 2. The molecule has 2 nitrogen and oxygen atoms in total. The molecule has 2 aliphatic carbocycles. The van der Waals surface area contributed by atoms with Gasteiger partial charge in [-0.15, -0.1) is 12.4 Å². The number of carbonyl (C=O) groups is 1. The number of hydrogen-bond acceptors (Lipinski definition) is 2. The van der Waals surface area contributed by atoms with Crippen molar-refractivity contribution in [1.29, 1.82) is 0 Å². The van der Waals surface area contributed by atoms with E-state index in [1.54, 1.807) is 0 Å². The summed E-state index contributed by atoms with van der Waals surface area (Å²) in [4.78, 5) is 15.7. The van der Waals surface area contributed by atoms with E-state index < -0.39 is 0 Å². The molecule has 2 bridgehead atoms. The fourth-order valence-electron chi connectivity index (χ4n) is 5.21. The molecule has 126 valence electrons. The molecule has 1 aliphatic heterocycles. The summed E-state index contributed by atoms with van der Waals surface area (Å²) < 4.78 is 0. The van der Waals surface area contributed by atoms with E-state index in [9.17, 15) is 4.79 Å². The summed E-state index contributed by atoms with van der Waals surface area (Å²) in [5, 5.41) is 0. The average Bonchev–Trinajstić information content (AvgIpc) is 2.57. The number of Topliss-reactive ketones (excluding diaryl/α,β-unsaturated/α-hetero) is 1. The zero-order valence-corrected chi connectivity index (χ0v) is 14.6. The summed E-state index contributed by atoms with van der Waals surface area (Å²) in [6, 6.07) is 11.3. The molecule has 1 aromatic rings. The third kappa shape index (κ3) is 3.21. The molecule has 0 aromatic heterocycles. The molecular weight excluding hydrogens is 306 g/mol. The van der Waals surface area contributed by atoms with E-state index in [1.165, 1.54) is 50.8 Å². The van der Waals surface area contributed by atoms with Crippen LogP contribution < -0.4 is 0 Å². The van der Waals surface area contributed by atoms with E-state index in [0.29, 0.717) is 29.6 Å². The largest absolute Gasteiger partial charge is 0.300 e. The topological polar surface area (TPSA) is 20.3 Å². The number of rotatable bonds is 2. The van der Waals surface area contributed by atoms with Crippen molar-refractivity contribution in [2.75, 3.05) is 13.1 Å². The van der Waals surface area contributed by atoms with Gasteiger partial charge in [0.25, 0.3) is 0 Å². The highest BCUT2D eigenvalue weighted by molar-refractivity contribution is 5.86. The highest BCUT2D eigenvalue weighted by Gasteiger charge is 2.47. The number of benzene rings is 1. The molecule has 0 radical (unpaired) electrons. The highest BCUT2D eigenvalue weighted by Crippen LogP contribution is 2.47. The van der Waals surface area contributed by atoms with E-state index >= 15 is 0 Å². The second-order valence-corrected chi connectivity index (χ2v) is 7.46. The first-order valence-corrected chi connectivity index (χ1v) is 9.17. The third-order valence-corrected chi connectivity index (χ3v) is 6.29. The molecule has 1 saturated heterocycles. The molecular formula is C20H28ClNO. The third-order valence-electron chi connectivity index (χ3n) is 6.29. The number of halogens is 1. The first-order chi connectivity index (χ1) is 10.8. The Labute approximate surface area is 146 Å². The average molecular weight is 334 g/mol. The summed E-state index contributed by atoms with van der Waals surface area (Å²) in [6.07, 6.45) is 8.69. The molecule has 0 amide bonds. The van der Waals surface area contributed by atoms with Gasteiger partial charge in [-0.3, -0.25) is 9.69 Å². The zero-order chi connectivity index (χ0) is 14.9. The molecule has 1 heterocycles. The van der Waals surface area contributed by atoms with Crippen LogP contribution in [0.2, 0.25) is 0 Å². The van der Waals surface area contributed by atoms with Crippen molar-refractivity contribution < 1.29 is 4.79 Å². The molecule has 3 aliphatic rings. The second kappa shape index (κ2) is 7.36. The van der Waals surface area contributed by atoms with Gasteiger partial charge >= 0.3 is 0 Å². The lowest BCUT2D eigenvalue weighted by molar-refractivity contribution is -0.137. The Kier molecular flexibility index (Phi) is 5.43. The Bertz CT molecular complexity index is 526. The molecule has 1 aromatic carbocycles. The van der Waals surface area contributed by atoms with Crippen LogP contribution in [0, 0.1) is 11.8 Å². The van der Waals surface area contributed by atoms with Crippen molar-refractivity contribution in [2.24, 2.45) is 11.8 Å². The normalized spacial score (nSPS) is 34.7. The van der Waals surface area contributed by atoms with Crippen molar-refractivity contribution in [3.8, 4) is 0 Å². The minimum atomic E-state index is 0. The fourth-order valence-corrected chi connectivity index (χ4v) is 5.21. The molecule has 2 saturated carbocycles. The summed E-state index contributed by atoms with van der Waals surface area (Å²) in [6.45, 7) is 2.42. The van der Waals surface area contributed by atoms with Crippen LogP contribution >= 0.6 is 12.4 Å². The quantitative estimate of drug-likeness (QED) is 0.797. The van der Waals surface area contributed by atoms with Crippen LogP contribution in [-0.2, 0) is 4.79 Å². The van der Waals surface area contributed by atoms with Crippen molar-refractivity contribution in [3.63, 3.8) is 0 Å². The van der Waals surface area contributed by atoms with Crippen LogP contribution in [0.5, 0.6) is 0 Å². The van der Waals surface area contributed by atoms with Crippen LogP contribution in [0.15, 0.2) is 30.3 Å². The van der Waals surface area contributed by atoms with E-state index in [-0.39, 0.29) is 12.4 Å². The second-order valence-electron chi connectivity index (χ2n) is 7.46. The molecule has 3 heteroatoms. The predicted molar refractivity (Wildman–Crippen MR) is 96.1 cm³/mol. The highest BCUT2D eigenvalue weighted by atomic mass is 35.5. The first kappa shape index (κ1) is 17.0. The van der Waals surface area contributed by atoms with Crippen molar-refractivity contribution in [2.45, 2.75) is 56.9 Å². The van der Waals surface area contributed by atoms with E-state index in [2.05, 4.69) is 35.2 Å². The summed E-state index contributed by atoms with van der Waals surface area (Å²) >= 11 is 0. The van der Waals surface area contributed by atoms with Gasteiger partial charge in [0.05, 0.1) is 0 Å². The predicted octanol–water partition coefficient (Wildman–Crippen LogP) is 4.44. The van der Waals surface area contributed by atoms with Gasteiger partial charge in [-0.1, -0.05) is 43.2 Å². The van der Waals surface area contributed by atoms with Gasteiger partial charge in [-0.25, -0.2) is 0 Å². The lowest BCUT2D eigenvalue weighted by Crippen LogP contribution is -2.53. The van der Waals surface area contributed by atoms with E-state index in [1.807, 2.05) is 0 Å². The van der Waals surface area contributed by atoms with Gasteiger partial charge in [-0.2, -0.15) is 0 Å². The van der Waals surface area contributed by atoms with Crippen molar-refractivity contribution in [1.82, 2.24) is 4.90 Å². The lowest BCUT2D eigenvalue weighted by atomic mass is 9.61. The maximum absolute atomic E-state index is 13.0. The van der Waals surface area contributed by atoms with Gasteiger partial charge in [0.15, 0.2) is 0 Å². The number of carbonyl (C=O) groups excluding carboxylic acids is 1. The monoisotopic (exact) mass is 333 g/mol. The minimum Gasteiger partial charge on any atom is -0.300 e. The Morgan fingerprint density at radius 1 is 0.826 bits per heavy atom. The van der Waals surface area contributed by atoms with Crippen LogP contribution in [0.3, 0.4) is 0 Å². The van der Waals surface area contributed by atoms with E-state index in [0.717, 1.165) is 12.8 Å². The Morgan fingerprint density at radius 3 is 2.26 bits per heavy atom. The molecule has 0 N–H and O–H groups in total. The zero-order valence-electron chi connectivity index (χ0n) is 13.8. The fraction of sp³-hybridized carbons (Fsp3) is 0.650. The van der Waals surface area contributed by atoms with Crippen molar-refractivity contribution >= 4 is 18.2 Å². The molecule has 0 spiro atoms. The number of piperidine rings is 1. The number of hydrogen-bond donors (Lipinski definition) is 0. The lowest BCUT2D eigenvalue weighted by Gasteiger charge is -2.49. The SMILES string of the molecule is Cl.O=C1C2CCCC1C(N1CCCCC1)CC2c1ccccc1. The van der Waals surface area contributed by atoms with E-state index in [4.69, 9.17) is 0 Å². The first-order valence-electron chi connectivity index (χ1n) is 9.17. The smallest absolute Gasteiger partial charge is 0.141 e. The molecule has 4 rings (SSSR count). The maximum atomic E-state index is 13.0. The number of nitrogens with zero attached hydrogens (tertiary/aromatic N) is 1. The minimum absolute atomic E-state index is 0. The molecule has 23 heavy (non-hydrogen) atoms. The molecule has 3 fully saturated rings. The van der Waals surface area contributed by atoms with Gasteiger partial charge in [0.1, 0.15) is 5.78 Å². The van der Waals surface area contributed by atoms with Crippen molar-refractivity contribution in [3.05, 3.63) is 35.9 Å². The van der Waals surface area contributed by atoms with Crippen LogP contribution in [0.4, 0.5) is 0 Å². The molecule has 4 atom stereocenters. The Hall–Kier alpha value is -0.860. The number of ketones is 1. The van der Waals surface area contributed by atoms with Gasteiger partial charge in [0, 0.05) is 17.9 Å². The van der Waals surface area contributed by atoms with Gasteiger partial charge < -0.3 is 0 Å². The van der Waals surface area contributed by atoms with Gasteiger partial charge in [0.2, 0.25) is 0 Å². The number of likely N-dealkylation sites (tertiary alicyclic amines) is 1. The summed E-state index contributed by atoms with van der Waals surface area (Å²) in [5.41, 5.74) is 1.39.